The van der Waals surface area contributed by atoms with Crippen molar-refractivity contribution in [2.24, 2.45) is 0 Å². The van der Waals surface area contributed by atoms with E-state index >= 15 is 0 Å². The first-order chi connectivity index (χ1) is 7.55. The Balaban J connectivity index is 4.47. The molecule has 0 fully saturated rings. The van der Waals surface area contributed by atoms with Crippen LogP contribution in [0.5, 0.6) is 0 Å². The summed E-state index contributed by atoms with van der Waals surface area (Å²) in [7, 11) is -4.56. The van der Waals surface area contributed by atoms with Gasteiger partial charge in [0.25, 0.3) is 0 Å². The van der Waals surface area contributed by atoms with Crippen LogP contribution in [0.1, 0.15) is 34.1 Å². The lowest BCUT2D eigenvalue weighted by atomic mass is 10.2. The van der Waals surface area contributed by atoms with Crippen LogP contribution in [0.3, 0.4) is 0 Å². The van der Waals surface area contributed by atoms with Crippen LogP contribution >= 0.6 is 0 Å². The average molecular weight is 269 g/mol. The number of hydrogen-bond acceptors (Lipinski definition) is 4. The molecule has 0 aliphatic heterocycles. The minimum Gasteiger partial charge on any atom is -0.444 e. The molecule has 0 aliphatic rings. The third kappa shape index (κ3) is 8.91. The van der Waals surface area contributed by atoms with Gasteiger partial charge in [0.15, 0.2) is 0 Å². The molecule has 0 heterocycles. The van der Waals surface area contributed by atoms with Crippen LogP contribution < -0.4 is 0 Å². The van der Waals surface area contributed by atoms with E-state index in [1.54, 1.807) is 20.8 Å². The Morgan fingerprint density at radius 3 is 2.18 bits per heavy atom. The maximum Gasteiger partial charge on any atom is 0.410 e. The highest BCUT2D eigenvalue weighted by molar-refractivity contribution is 7.86. The van der Waals surface area contributed by atoms with Crippen LogP contribution in [0.15, 0.2) is 0 Å². The van der Waals surface area contributed by atoms with Crippen LogP contribution in [-0.2, 0) is 15.0 Å². The third-order valence-electron chi connectivity index (χ3n) is 1.75. The molecular weight excluding hydrogens is 249 g/mol. The van der Waals surface area contributed by atoms with Crippen molar-refractivity contribution >= 4 is 16.3 Å². The fourth-order valence-electron chi connectivity index (χ4n) is 1.11. The fourth-order valence-corrected chi connectivity index (χ4v) is 1.55. The van der Waals surface area contributed by atoms with Crippen molar-refractivity contribution in [1.29, 1.82) is 0 Å². The van der Waals surface area contributed by atoms with Gasteiger partial charge in [0.1, 0.15) is 5.60 Å². The predicted molar refractivity (Wildman–Crippen MR) is 63.0 cm³/mol. The molecule has 0 aromatic heterocycles. The summed E-state index contributed by atoms with van der Waals surface area (Å²) >= 11 is 0. The summed E-state index contributed by atoms with van der Waals surface area (Å²) in [4.78, 5) is 12.8. The molecule has 0 saturated heterocycles. The fraction of sp³-hybridized carbons (Fsp3) is 0.900. The predicted octanol–water partition coefficient (Wildman–Crippen LogP) is 1.93. The van der Waals surface area contributed by atoms with Crippen LogP contribution in [0.4, 0.5) is 8.68 Å². The molecule has 0 aliphatic carbocycles. The minimum absolute atomic E-state index is 0.193. The van der Waals surface area contributed by atoms with Crippen molar-refractivity contribution in [3.63, 3.8) is 0 Å². The van der Waals surface area contributed by atoms with Crippen molar-refractivity contribution in [1.82, 2.24) is 4.90 Å². The maximum absolute atomic E-state index is 12.4. The van der Waals surface area contributed by atoms with Gasteiger partial charge in [-0.3, -0.25) is 0 Å². The molecule has 0 aromatic carbocycles. The summed E-state index contributed by atoms with van der Waals surface area (Å²) in [5.74, 6) is -0.702. The van der Waals surface area contributed by atoms with Gasteiger partial charge in [0.2, 0.25) is 0 Å². The summed E-state index contributed by atoms with van der Waals surface area (Å²) in [6.45, 7) is 7.11. The summed E-state index contributed by atoms with van der Waals surface area (Å²) in [6, 6.07) is 0. The summed E-state index contributed by atoms with van der Waals surface area (Å²) in [5.41, 5.74) is -0.655. The SMILES string of the molecule is CCCN(CCS(=O)(=O)F)C(=O)OC(C)(C)C. The monoisotopic (exact) mass is 269 g/mol. The highest BCUT2D eigenvalue weighted by Gasteiger charge is 2.22. The second-order valence-corrected chi connectivity index (χ2v) is 6.20. The van der Waals surface area contributed by atoms with Crippen LogP contribution in [0, 0.1) is 0 Å². The molecule has 0 N–H and O–H groups in total. The van der Waals surface area contributed by atoms with Crippen molar-refractivity contribution in [3.05, 3.63) is 0 Å². The van der Waals surface area contributed by atoms with E-state index < -0.39 is 27.7 Å². The number of carbonyl (C=O) groups excluding carboxylic acids is 1. The Bertz CT molecular complexity index is 348. The topological polar surface area (TPSA) is 63.7 Å². The van der Waals surface area contributed by atoms with Crippen molar-refractivity contribution < 1.29 is 21.8 Å². The lowest BCUT2D eigenvalue weighted by Crippen LogP contribution is -2.39. The first kappa shape index (κ1) is 16.1. The molecule has 0 saturated carbocycles. The average Bonchev–Trinajstić information content (AvgIpc) is 2.07. The number of hydrogen-bond donors (Lipinski definition) is 0. The van der Waals surface area contributed by atoms with Crippen molar-refractivity contribution in [2.75, 3.05) is 18.8 Å². The molecule has 0 radical (unpaired) electrons. The molecule has 17 heavy (non-hydrogen) atoms. The summed E-state index contributed by atoms with van der Waals surface area (Å²) in [5, 5.41) is 0. The van der Waals surface area contributed by atoms with E-state index in [0.29, 0.717) is 13.0 Å². The van der Waals surface area contributed by atoms with Gasteiger partial charge in [-0.1, -0.05) is 6.92 Å². The zero-order chi connectivity index (χ0) is 13.7. The normalized spacial score (nSPS) is 12.3. The third-order valence-corrected chi connectivity index (χ3v) is 2.42. The Hall–Kier alpha value is -0.850. The van der Waals surface area contributed by atoms with Gasteiger partial charge >= 0.3 is 16.3 Å². The highest BCUT2D eigenvalue weighted by Crippen LogP contribution is 2.10. The second kappa shape index (κ2) is 6.18. The lowest BCUT2D eigenvalue weighted by Gasteiger charge is -2.26. The Morgan fingerprint density at radius 1 is 1.29 bits per heavy atom. The number of carbonyl (C=O) groups is 1. The van der Waals surface area contributed by atoms with Gasteiger partial charge in [-0.05, 0) is 27.2 Å². The number of nitrogens with zero attached hydrogens (tertiary/aromatic N) is 1. The van der Waals surface area contributed by atoms with Crippen LogP contribution in [0.2, 0.25) is 0 Å². The molecule has 7 heteroatoms. The van der Waals surface area contributed by atoms with Gasteiger partial charge in [-0.2, -0.15) is 8.42 Å². The Labute approximate surface area is 102 Å². The lowest BCUT2D eigenvalue weighted by molar-refractivity contribution is 0.0261. The van der Waals surface area contributed by atoms with E-state index in [2.05, 4.69) is 0 Å². The number of ether oxygens (including phenoxy) is 1. The Kier molecular flexibility index (Phi) is 5.87. The number of halogens is 1. The minimum atomic E-state index is -4.56. The van der Waals surface area contributed by atoms with E-state index in [1.807, 2.05) is 6.92 Å². The van der Waals surface area contributed by atoms with Gasteiger partial charge in [0, 0.05) is 13.1 Å². The standard InChI is InChI=1S/C10H20FNO4S/c1-5-6-12(7-8-17(11,14)15)9(13)16-10(2,3)4/h5-8H2,1-4H3. The van der Waals surface area contributed by atoms with E-state index in [9.17, 15) is 17.1 Å². The molecule has 102 valence electrons. The first-order valence-electron chi connectivity index (χ1n) is 5.45. The van der Waals surface area contributed by atoms with E-state index in [1.165, 1.54) is 4.90 Å². The van der Waals surface area contributed by atoms with Crippen LogP contribution in [-0.4, -0.2) is 43.9 Å². The number of rotatable bonds is 5. The first-order valence-corrected chi connectivity index (χ1v) is 7.00. The molecule has 5 nitrogen and oxygen atoms in total. The summed E-state index contributed by atoms with van der Waals surface area (Å²) in [6.07, 6.45) is 0.0222. The summed E-state index contributed by atoms with van der Waals surface area (Å²) < 4.78 is 38.3. The molecule has 0 unspecified atom stereocenters. The van der Waals surface area contributed by atoms with Crippen molar-refractivity contribution in [3.8, 4) is 0 Å². The molecule has 0 spiro atoms. The van der Waals surface area contributed by atoms with Gasteiger partial charge < -0.3 is 9.64 Å². The zero-order valence-electron chi connectivity index (χ0n) is 10.7. The molecule has 0 aromatic rings. The molecule has 1 amide bonds. The quantitative estimate of drug-likeness (QED) is 0.715. The van der Waals surface area contributed by atoms with Gasteiger partial charge in [-0.15, -0.1) is 3.89 Å². The van der Waals surface area contributed by atoms with Gasteiger partial charge in [0.05, 0.1) is 5.75 Å². The molecular formula is C10H20FNO4S. The number of amides is 1. The zero-order valence-corrected chi connectivity index (χ0v) is 11.5. The van der Waals surface area contributed by atoms with Crippen molar-refractivity contribution in [2.45, 2.75) is 39.7 Å². The largest absolute Gasteiger partial charge is 0.444 e. The second-order valence-electron chi connectivity index (χ2n) is 4.71. The Morgan fingerprint density at radius 2 is 1.82 bits per heavy atom. The molecule has 0 atom stereocenters. The molecule has 0 rings (SSSR count). The molecule has 0 bridgehead atoms. The van der Waals surface area contributed by atoms with E-state index in [0.717, 1.165) is 0 Å². The van der Waals surface area contributed by atoms with E-state index in [-0.39, 0.29) is 6.54 Å². The van der Waals surface area contributed by atoms with Gasteiger partial charge in [-0.25, -0.2) is 4.79 Å². The smallest absolute Gasteiger partial charge is 0.410 e. The highest BCUT2D eigenvalue weighted by atomic mass is 32.3. The van der Waals surface area contributed by atoms with Crippen LogP contribution in [0.25, 0.3) is 0 Å². The van der Waals surface area contributed by atoms with E-state index in [4.69, 9.17) is 4.74 Å². The maximum atomic E-state index is 12.4.